The monoisotopic (exact) mass is 1220 g/mol. The molecule has 10 aromatic rings. The number of hydrogen-bond donors (Lipinski definition) is 0. The molecule has 10 rings (SSSR count). The summed E-state index contributed by atoms with van der Waals surface area (Å²) in [6.07, 6.45) is 12.1. The summed E-state index contributed by atoms with van der Waals surface area (Å²) in [4.78, 5) is 42.5. The first-order chi connectivity index (χ1) is 39.5. The number of pyridine rings is 4. The second-order valence-electron chi connectivity index (χ2n) is 18.6. The molecule has 0 amide bonds. The van der Waals surface area contributed by atoms with Gasteiger partial charge in [0.15, 0.2) is 0 Å². The zero-order chi connectivity index (χ0) is 57.0. The van der Waals surface area contributed by atoms with Crippen LogP contribution in [0.2, 0.25) is 0 Å². The van der Waals surface area contributed by atoms with E-state index in [0.717, 1.165) is 69.1 Å². The topological polar surface area (TPSA) is 153 Å². The third kappa shape index (κ3) is 16.0. The van der Waals surface area contributed by atoms with Crippen LogP contribution in [-0.2, 0) is 48.1 Å². The Labute approximate surface area is 496 Å². The molecule has 0 aliphatic carbocycles. The van der Waals surface area contributed by atoms with Crippen molar-refractivity contribution in [3.63, 3.8) is 0 Å². The number of carbonyl (C=O) groups is 2. The number of nitrogens with zero attached hydrogens (tertiary/aromatic N) is 7. The summed E-state index contributed by atoms with van der Waals surface area (Å²) in [6.45, 7) is 5.10. The van der Waals surface area contributed by atoms with Crippen molar-refractivity contribution in [3.05, 3.63) is 191 Å². The van der Waals surface area contributed by atoms with E-state index in [1.165, 1.54) is 77.2 Å². The summed E-state index contributed by atoms with van der Waals surface area (Å²) in [7, 11) is 0. The Kier molecular flexibility index (Phi) is 22.7. The smallest absolute Gasteiger partial charge is 0.753 e. The number of unbranched alkanes of at least 4 members (excludes halogenated alkanes) is 6. The van der Waals surface area contributed by atoms with Crippen LogP contribution < -0.4 is 14.6 Å². The fourth-order valence-corrected chi connectivity index (χ4v) is 10.6. The van der Waals surface area contributed by atoms with Crippen molar-refractivity contribution in [1.82, 2.24) is 30.1 Å². The predicted octanol–water partition coefficient (Wildman–Crippen LogP) is 16.4. The number of hydrogen-bond acceptors (Lipinski definition) is 11. The Hall–Kier alpha value is -8.38. The fourth-order valence-electron chi connectivity index (χ4n) is 9.31. The van der Waals surface area contributed by atoms with Crippen LogP contribution in [0.3, 0.4) is 0 Å². The number of isothiocyanates is 1. The maximum absolute atomic E-state index is 12.9. The summed E-state index contributed by atoms with van der Waals surface area (Å²) < 4.78 is 48.9. The molecule has 11 nitrogen and oxygen atoms in total. The van der Waals surface area contributed by atoms with Crippen molar-refractivity contribution in [1.29, 1.82) is 0 Å². The summed E-state index contributed by atoms with van der Waals surface area (Å²) in [5, 5.41) is 19.9. The molecule has 82 heavy (non-hydrogen) atoms. The first-order valence-electron chi connectivity index (χ1n) is 26.4. The van der Waals surface area contributed by atoms with Crippen LogP contribution in [-0.4, -0.2) is 43.1 Å². The molecule has 6 heterocycles. The van der Waals surface area contributed by atoms with E-state index in [-0.39, 0.29) is 30.9 Å². The average molecular weight is 1220 g/mol. The van der Waals surface area contributed by atoms with Gasteiger partial charge in [-0.2, -0.15) is 18.3 Å². The number of fused-ring (bicyclic) bond motifs is 2. The molecule has 0 N–H and O–H groups in total. The summed E-state index contributed by atoms with van der Waals surface area (Å²) >= 11 is 5.50. The van der Waals surface area contributed by atoms with Crippen LogP contribution in [0.5, 0.6) is 11.5 Å². The van der Waals surface area contributed by atoms with Gasteiger partial charge in [-0.05, 0) is 112 Å². The second kappa shape index (κ2) is 30.4. The Bertz CT molecular complexity index is 3820. The minimum atomic E-state index is -4.51. The van der Waals surface area contributed by atoms with Gasteiger partial charge in [0.05, 0.1) is 28.5 Å². The predicted molar refractivity (Wildman–Crippen MR) is 318 cm³/mol. The van der Waals surface area contributed by atoms with E-state index in [0.29, 0.717) is 47.2 Å². The largest absolute Gasteiger partial charge is 2.00 e. The van der Waals surface area contributed by atoms with Crippen LogP contribution in [0.4, 0.5) is 13.2 Å². The van der Waals surface area contributed by atoms with Gasteiger partial charge in [-0.15, -0.1) is 11.3 Å². The van der Waals surface area contributed by atoms with Gasteiger partial charge in [0.2, 0.25) is 0 Å². The molecule has 0 bridgehead atoms. The number of alkyl halides is 3. The zero-order valence-electron chi connectivity index (χ0n) is 44.8. The van der Waals surface area contributed by atoms with Gasteiger partial charge in [0, 0.05) is 57.7 Å². The Morgan fingerprint density at radius 1 is 0.610 bits per heavy atom. The molecule has 17 heteroatoms. The first kappa shape index (κ1) is 61.2. The quantitative estimate of drug-likeness (QED) is 0.0145. The summed E-state index contributed by atoms with van der Waals surface area (Å²) in [5.41, 5.74) is 7.71. The number of rotatable bonds is 19. The van der Waals surface area contributed by atoms with Crippen LogP contribution in [0, 0.1) is 11.8 Å². The minimum Gasteiger partial charge on any atom is -0.753 e. The van der Waals surface area contributed by atoms with Crippen LogP contribution in [0.1, 0.15) is 92.5 Å². The van der Waals surface area contributed by atoms with Crippen molar-refractivity contribution in [2.24, 2.45) is 0 Å². The number of carbonyl (C=O) groups excluding carboxylic acids is 2. The minimum absolute atomic E-state index is 0. The SMILES string of the molecule is CCCCCCc1cc(CCCCCC)c(-c2ccnc(-c3cc(C(F)(F)F)n[n-]3)c2)s1.O=COc1ccnc(-c2cc(OC=O)cc(-c3cc(C#Cc4c5ccccc5c(-c5ccccc5)c5ccccc45)ccn3)n2)c1.[N-]=C=S.[Ru+2]. The number of aryl methyl sites for hydroxylation is 2. The van der Waals surface area contributed by atoms with Crippen molar-refractivity contribution in [2.45, 2.75) is 84.2 Å². The molecular formula is C65H54F3N7O4RuS2. The van der Waals surface area contributed by atoms with Crippen LogP contribution >= 0.6 is 23.6 Å². The normalized spacial score (nSPS) is 10.7. The van der Waals surface area contributed by atoms with E-state index in [4.69, 9.17) is 19.9 Å². The van der Waals surface area contributed by atoms with Gasteiger partial charge in [0.25, 0.3) is 12.9 Å². The Morgan fingerprint density at radius 2 is 1.17 bits per heavy atom. The van der Waals surface area contributed by atoms with E-state index in [2.05, 4.69) is 130 Å². The second-order valence-corrected chi connectivity index (χ2v) is 19.9. The summed E-state index contributed by atoms with van der Waals surface area (Å²) in [6, 6.07) is 44.2. The van der Waals surface area contributed by atoms with E-state index in [1.54, 1.807) is 48.0 Å². The van der Waals surface area contributed by atoms with E-state index >= 15 is 0 Å². The fraction of sp³-hybridized carbons (Fsp3) is 0.200. The van der Waals surface area contributed by atoms with Gasteiger partial charge >= 0.3 is 25.7 Å². The summed E-state index contributed by atoms with van der Waals surface area (Å²) in [5.74, 6) is 7.39. The molecule has 0 saturated carbocycles. The molecule has 0 spiro atoms. The maximum Gasteiger partial charge on any atom is 2.00 e. The standard InChI is InChI=1S/C39H23N3O4.C25H31F3N3S.CNS.Ru/c43-24-45-28-17-19-41-36(21-28)38-23-29(46-25-44)22-37(42-38)35-20-26(16-18-40-35)14-15-32-30-10-4-6-12-33(30)39(27-8-2-1-3-9-27)34-13-7-5-11-31(32)34;1-3-5-7-9-11-18-15-20(12-10-8-6-4-2)32-24(18)19-13-14-29-21(16-19)22-17-23(31-30-22)25(26,27)28;2-1-3;/h1-13,16-25H;13-17H,3-12H2,1-2H3;;/q;2*-1;+2. The van der Waals surface area contributed by atoms with E-state index in [9.17, 15) is 22.8 Å². The van der Waals surface area contributed by atoms with Gasteiger partial charge in [-0.3, -0.25) is 24.5 Å². The third-order valence-corrected chi connectivity index (χ3v) is 14.3. The van der Waals surface area contributed by atoms with Gasteiger partial charge in [-0.1, -0.05) is 161 Å². The Balaban J connectivity index is 0.000000236. The first-order valence-corrected chi connectivity index (χ1v) is 27.6. The molecule has 0 atom stereocenters. The van der Waals surface area contributed by atoms with Crippen molar-refractivity contribution in [2.75, 3.05) is 0 Å². The molecule has 0 saturated heterocycles. The number of aromatic nitrogens is 6. The third-order valence-electron chi connectivity index (χ3n) is 13.1. The number of halogens is 3. The van der Waals surface area contributed by atoms with E-state index < -0.39 is 11.9 Å². The van der Waals surface area contributed by atoms with Crippen molar-refractivity contribution < 1.29 is 51.7 Å². The number of benzene rings is 4. The number of ether oxygens (including phenoxy) is 2. The molecule has 0 aliphatic heterocycles. The molecule has 0 radical (unpaired) electrons. The van der Waals surface area contributed by atoms with Gasteiger partial charge in [-0.25, -0.2) is 4.98 Å². The molecule has 0 unspecified atom stereocenters. The molecule has 0 aliphatic rings. The maximum atomic E-state index is 12.9. The average Bonchev–Trinajstić information content (AvgIpc) is 3.86. The molecule has 414 valence electrons. The molecule has 4 aromatic carbocycles. The van der Waals surface area contributed by atoms with E-state index in [1.807, 2.05) is 42.5 Å². The number of thiophene rings is 1. The molecular weight excluding hydrogens is 1160 g/mol. The molecule has 6 aromatic heterocycles. The van der Waals surface area contributed by atoms with Crippen molar-refractivity contribution in [3.8, 4) is 79.1 Å². The number of thiocarbonyl (C=S) groups is 1. The van der Waals surface area contributed by atoms with Crippen LogP contribution in [0.15, 0.2) is 158 Å². The van der Waals surface area contributed by atoms with Crippen molar-refractivity contribution >= 4 is 63.2 Å². The molecule has 0 fully saturated rings. The van der Waals surface area contributed by atoms with Gasteiger partial charge < -0.3 is 25.1 Å². The van der Waals surface area contributed by atoms with Crippen LogP contribution in [0.25, 0.3) is 82.7 Å². The zero-order valence-corrected chi connectivity index (χ0v) is 48.2. The Morgan fingerprint density at radius 3 is 1.79 bits per heavy atom. The van der Waals surface area contributed by atoms with Gasteiger partial charge in [0.1, 0.15) is 17.2 Å².